The monoisotopic (exact) mass is 335 g/mol. The van der Waals surface area contributed by atoms with E-state index in [1.165, 1.54) is 26.5 Å². The molecule has 2 aromatic carbocycles. The van der Waals surface area contributed by atoms with E-state index in [1.54, 1.807) is 0 Å². The van der Waals surface area contributed by atoms with Gasteiger partial charge in [-0.15, -0.1) is 0 Å². The van der Waals surface area contributed by atoms with Crippen molar-refractivity contribution < 1.29 is 0 Å². The molecule has 0 spiro atoms. The Hall–Kier alpha value is -0.770. The number of hydrogen-bond acceptors (Lipinski definition) is 2. The predicted molar refractivity (Wildman–Crippen MR) is 86.9 cm³/mol. The van der Waals surface area contributed by atoms with Crippen molar-refractivity contribution in [2.45, 2.75) is 30.2 Å². The van der Waals surface area contributed by atoms with E-state index in [1.807, 2.05) is 18.8 Å². The van der Waals surface area contributed by atoms with Gasteiger partial charge in [0.2, 0.25) is 0 Å². The molecule has 100 valence electrons. The zero-order valence-electron chi connectivity index (χ0n) is 11.5. The second kappa shape index (κ2) is 6.60. The summed E-state index contributed by atoms with van der Waals surface area (Å²) in [5.41, 5.74) is 3.97. The van der Waals surface area contributed by atoms with Gasteiger partial charge in [-0.25, -0.2) is 0 Å². The van der Waals surface area contributed by atoms with Gasteiger partial charge >= 0.3 is 0 Å². The molecule has 0 bridgehead atoms. The lowest BCUT2D eigenvalue weighted by atomic mass is 10.2. The van der Waals surface area contributed by atoms with E-state index in [4.69, 9.17) is 0 Å². The molecule has 2 aromatic rings. The van der Waals surface area contributed by atoms with Gasteiger partial charge in [0.1, 0.15) is 0 Å². The molecule has 1 nitrogen and oxygen atoms in total. The Morgan fingerprint density at radius 3 is 2.47 bits per heavy atom. The summed E-state index contributed by atoms with van der Waals surface area (Å²) in [4.78, 5) is 2.63. The minimum atomic E-state index is 0.882. The normalized spacial score (nSPS) is 10.7. The molecule has 19 heavy (non-hydrogen) atoms. The predicted octanol–water partition coefficient (Wildman–Crippen LogP) is 4.94. The van der Waals surface area contributed by atoms with Gasteiger partial charge in [-0.1, -0.05) is 45.4 Å². The largest absolute Gasteiger partial charge is 0.316 e. The van der Waals surface area contributed by atoms with Gasteiger partial charge < -0.3 is 5.32 Å². The highest BCUT2D eigenvalue weighted by molar-refractivity contribution is 9.10. The van der Waals surface area contributed by atoms with Crippen LogP contribution in [-0.4, -0.2) is 7.05 Å². The van der Waals surface area contributed by atoms with Crippen LogP contribution in [0.3, 0.4) is 0 Å². The third kappa shape index (κ3) is 3.85. The number of benzene rings is 2. The minimum absolute atomic E-state index is 0.882. The Kier molecular flexibility index (Phi) is 5.08. The molecule has 2 rings (SSSR count). The van der Waals surface area contributed by atoms with Crippen molar-refractivity contribution >= 4 is 27.7 Å². The summed E-state index contributed by atoms with van der Waals surface area (Å²) in [6.45, 7) is 5.19. The van der Waals surface area contributed by atoms with Crippen LogP contribution < -0.4 is 5.32 Å². The summed E-state index contributed by atoms with van der Waals surface area (Å²) >= 11 is 5.38. The summed E-state index contributed by atoms with van der Waals surface area (Å²) in [5.74, 6) is 0. The molecule has 0 heterocycles. The number of hydrogen-bond donors (Lipinski definition) is 1. The van der Waals surface area contributed by atoms with Crippen LogP contribution in [0.15, 0.2) is 50.7 Å². The summed E-state index contributed by atoms with van der Waals surface area (Å²) in [6, 6.07) is 13.1. The molecular weight excluding hydrogens is 318 g/mol. The molecular formula is C16H18BrNS. The third-order valence-corrected chi connectivity index (χ3v) is 4.73. The second-order valence-corrected chi connectivity index (χ2v) is 6.65. The van der Waals surface area contributed by atoms with Gasteiger partial charge in [-0.3, -0.25) is 0 Å². The molecule has 0 atom stereocenters. The van der Waals surface area contributed by atoms with Crippen LogP contribution in [-0.2, 0) is 6.54 Å². The van der Waals surface area contributed by atoms with E-state index < -0.39 is 0 Å². The molecule has 0 unspecified atom stereocenters. The fourth-order valence-corrected chi connectivity index (χ4v) is 3.41. The van der Waals surface area contributed by atoms with Crippen LogP contribution in [0.4, 0.5) is 0 Å². The molecule has 3 heteroatoms. The SMILES string of the molecule is CNCc1cc(Br)ccc1Sc1ccc(C)cc1C. The van der Waals surface area contributed by atoms with E-state index in [2.05, 4.69) is 71.5 Å². The van der Waals surface area contributed by atoms with Gasteiger partial charge in [0.25, 0.3) is 0 Å². The topological polar surface area (TPSA) is 12.0 Å². The van der Waals surface area contributed by atoms with Gasteiger partial charge in [-0.2, -0.15) is 0 Å². The van der Waals surface area contributed by atoms with Crippen LogP contribution in [0.2, 0.25) is 0 Å². The number of nitrogens with one attached hydrogen (secondary N) is 1. The van der Waals surface area contributed by atoms with Crippen molar-refractivity contribution in [2.24, 2.45) is 0 Å². The molecule has 0 fully saturated rings. The van der Waals surface area contributed by atoms with E-state index in [-0.39, 0.29) is 0 Å². The molecule has 0 saturated heterocycles. The number of halogens is 1. The second-order valence-electron chi connectivity index (χ2n) is 4.65. The van der Waals surface area contributed by atoms with Crippen LogP contribution in [0, 0.1) is 13.8 Å². The Morgan fingerprint density at radius 1 is 1.05 bits per heavy atom. The number of aryl methyl sites for hydroxylation is 2. The van der Waals surface area contributed by atoms with Crippen LogP contribution in [0.1, 0.15) is 16.7 Å². The van der Waals surface area contributed by atoms with E-state index in [9.17, 15) is 0 Å². The summed E-state index contributed by atoms with van der Waals surface area (Å²) in [5, 5.41) is 3.23. The van der Waals surface area contributed by atoms with Crippen molar-refractivity contribution in [3.05, 3.63) is 57.6 Å². The molecule has 0 amide bonds. The van der Waals surface area contributed by atoms with Crippen molar-refractivity contribution in [1.29, 1.82) is 0 Å². The molecule has 0 radical (unpaired) electrons. The van der Waals surface area contributed by atoms with Crippen LogP contribution >= 0.6 is 27.7 Å². The maximum atomic E-state index is 3.54. The lowest BCUT2D eigenvalue weighted by Gasteiger charge is -2.11. The Labute approximate surface area is 127 Å². The highest BCUT2D eigenvalue weighted by atomic mass is 79.9. The zero-order chi connectivity index (χ0) is 13.8. The minimum Gasteiger partial charge on any atom is -0.316 e. The Bertz CT molecular complexity index is 581. The first-order chi connectivity index (χ1) is 9.10. The first-order valence-electron chi connectivity index (χ1n) is 6.28. The Morgan fingerprint density at radius 2 is 1.79 bits per heavy atom. The highest BCUT2D eigenvalue weighted by Crippen LogP contribution is 2.34. The van der Waals surface area contributed by atoms with E-state index >= 15 is 0 Å². The first-order valence-corrected chi connectivity index (χ1v) is 7.89. The van der Waals surface area contributed by atoms with E-state index in [0.29, 0.717) is 0 Å². The standard InChI is InChI=1S/C16H18BrNS/c1-11-4-6-15(12(2)8-11)19-16-7-5-14(17)9-13(16)10-18-3/h4-9,18H,10H2,1-3H3. The molecule has 0 aliphatic heterocycles. The average Bonchev–Trinajstić information content (AvgIpc) is 2.36. The molecule has 0 aromatic heterocycles. The van der Waals surface area contributed by atoms with Crippen LogP contribution in [0.25, 0.3) is 0 Å². The quantitative estimate of drug-likeness (QED) is 0.849. The van der Waals surface area contributed by atoms with Gasteiger partial charge in [0.15, 0.2) is 0 Å². The summed E-state index contributed by atoms with van der Waals surface area (Å²) in [6.07, 6.45) is 0. The van der Waals surface area contributed by atoms with Crippen molar-refractivity contribution in [1.82, 2.24) is 5.32 Å². The zero-order valence-corrected chi connectivity index (χ0v) is 13.9. The number of rotatable bonds is 4. The third-order valence-electron chi connectivity index (χ3n) is 2.94. The fraction of sp³-hybridized carbons (Fsp3) is 0.250. The van der Waals surface area contributed by atoms with E-state index in [0.717, 1.165) is 11.0 Å². The maximum Gasteiger partial charge on any atom is 0.0214 e. The molecule has 0 aliphatic carbocycles. The lowest BCUT2D eigenvalue weighted by Crippen LogP contribution is -2.06. The molecule has 0 saturated carbocycles. The van der Waals surface area contributed by atoms with Gasteiger partial charge in [0.05, 0.1) is 0 Å². The smallest absolute Gasteiger partial charge is 0.0214 e. The summed E-state index contributed by atoms with van der Waals surface area (Å²) in [7, 11) is 1.98. The molecule has 1 N–H and O–H groups in total. The van der Waals surface area contributed by atoms with Crippen LogP contribution in [0.5, 0.6) is 0 Å². The van der Waals surface area contributed by atoms with Gasteiger partial charge in [-0.05, 0) is 56.3 Å². The Balaban J connectivity index is 2.32. The van der Waals surface area contributed by atoms with Crippen molar-refractivity contribution in [2.75, 3.05) is 7.05 Å². The fourth-order valence-electron chi connectivity index (χ4n) is 2.01. The molecule has 0 aliphatic rings. The van der Waals surface area contributed by atoms with Crippen molar-refractivity contribution in [3.8, 4) is 0 Å². The first kappa shape index (κ1) is 14.6. The average molecular weight is 336 g/mol. The van der Waals surface area contributed by atoms with Crippen molar-refractivity contribution in [3.63, 3.8) is 0 Å². The van der Waals surface area contributed by atoms with Gasteiger partial charge in [0, 0.05) is 20.8 Å². The lowest BCUT2D eigenvalue weighted by molar-refractivity contribution is 0.802. The highest BCUT2D eigenvalue weighted by Gasteiger charge is 2.07. The maximum absolute atomic E-state index is 3.54. The summed E-state index contributed by atoms with van der Waals surface area (Å²) < 4.78 is 1.13.